The van der Waals surface area contributed by atoms with Gasteiger partial charge >= 0.3 is 0 Å². The molecule has 0 aliphatic rings. The van der Waals surface area contributed by atoms with Crippen LogP contribution in [0.25, 0.3) is 0 Å². The van der Waals surface area contributed by atoms with Gasteiger partial charge in [0.25, 0.3) is 0 Å². The van der Waals surface area contributed by atoms with Gasteiger partial charge < -0.3 is 19.0 Å². The normalized spacial score (nSPS) is 10.5. The number of rotatable bonds is 8. The first-order valence-electron chi connectivity index (χ1n) is 6.53. The predicted octanol–water partition coefficient (Wildman–Crippen LogP) is 1.76. The fraction of sp³-hybridized carbons (Fsp3) is 0.429. The number of benzene rings is 1. The Morgan fingerprint density at radius 1 is 1.05 bits per heavy atom. The van der Waals surface area contributed by atoms with E-state index in [4.69, 9.17) is 19.0 Å². The summed E-state index contributed by atoms with van der Waals surface area (Å²) >= 11 is 0. The molecule has 1 aromatic heterocycles. The SMILES string of the molecule is Cc1nnc(CCCOc2ccc(OCCO)cc2)o1. The Labute approximate surface area is 117 Å². The minimum Gasteiger partial charge on any atom is -0.494 e. The van der Waals surface area contributed by atoms with Crippen LogP contribution in [-0.4, -0.2) is 35.1 Å². The summed E-state index contributed by atoms with van der Waals surface area (Å²) in [4.78, 5) is 0. The van der Waals surface area contributed by atoms with Crippen LogP contribution in [0.4, 0.5) is 0 Å². The van der Waals surface area contributed by atoms with Crippen LogP contribution in [0.15, 0.2) is 28.7 Å². The van der Waals surface area contributed by atoms with E-state index in [-0.39, 0.29) is 6.61 Å². The first-order valence-corrected chi connectivity index (χ1v) is 6.53. The molecule has 6 nitrogen and oxygen atoms in total. The molecule has 0 bridgehead atoms. The van der Waals surface area contributed by atoms with E-state index in [1.807, 2.05) is 24.3 Å². The van der Waals surface area contributed by atoms with E-state index in [2.05, 4.69) is 10.2 Å². The Morgan fingerprint density at radius 2 is 1.70 bits per heavy atom. The molecule has 1 aromatic carbocycles. The van der Waals surface area contributed by atoms with Crippen LogP contribution in [0.2, 0.25) is 0 Å². The Morgan fingerprint density at radius 3 is 2.25 bits per heavy atom. The molecule has 0 aliphatic carbocycles. The van der Waals surface area contributed by atoms with Gasteiger partial charge in [0.15, 0.2) is 0 Å². The molecule has 0 spiro atoms. The van der Waals surface area contributed by atoms with Gasteiger partial charge in [0.1, 0.15) is 18.1 Å². The molecule has 6 heteroatoms. The van der Waals surface area contributed by atoms with E-state index < -0.39 is 0 Å². The summed E-state index contributed by atoms with van der Waals surface area (Å²) in [5.74, 6) is 2.72. The van der Waals surface area contributed by atoms with Crippen molar-refractivity contribution in [1.82, 2.24) is 10.2 Å². The molecule has 108 valence electrons. The number of ether oxygens (including phenoxy) is 2. The van der Waals surface area contributed by atoms with Crippen LogP contribution in [0, 0.1) is 6.92 Å². The van der Waals surface area contributed by atoms with Crippen molar-refractivity contribution >= 4 is 0 Å². The quantitative estimate of drug-likeness (QED) is 0.741. The Hall–Kier alpha value is -2.08. The molecule has 1 N–H and O–H groups in total. The first-order chi connectivity index (χ1) is 9.78. The maximum absolute atomic E-state index is 8.65. The van der Waals surface area contributed by atoms with Gasteiger partial charge in [0, 0.05) is 13.3 Å². The molecule has 0 amide bonds. The minimum atomic E-state index is 0.00734. The second-order valence-electron chi connectivity index (χ2n) is 4.21. The molecule has 0 unspecified atom stereocenters. The molecular formula is C14H18N2O4. The van der Waals surface area contributed by atoms with E-state index in [0.29, 0.717) is 37.2 Å². The standard InChI is InChI=1S/C14H18N2O4/c1-11-15-16-14(20-11)3-2-9-18-12-4-6-13(7-5-12)19-10-8-17/h4-7,17H,2-3,8-10H2,1H3. The lowest BCUT2D eigenvalue weighted by molar-refractivity contribution is 0.201. The first kappa shape index (κ1) is 14.3. The third-order valence-electron chi connectivity index (χ3n) is 2.56. The molecule has 2 aromatic rings. The average Bonchev–Trinajstić information content (AvgIpc) is 2.88. The van der Waals surface area contributed by atoms with Crippen LogP contribution in [-0.2, 0) is 6.42 Å². The van der Waals surface area contributed by atoms with Gasteiger partial charge in [0.2, 0.25) is 11.8 Å². The molecule has 2 rings (SSSR count). The number of aliphatic hydroxyl groups is 1. The highest BCUT2D eigenvalue weighted by molar-refractivity contribution is 5.31. The van der Waals surface area contributed by atoms with Gasteiger partial charge in [-0.3, -0.25) is 0 Å². The van der Waals surface area contributed by atoms with Crippen molar-refractivity contribution in [3.05, 3.63) is 36.0 Å². The summed E-state index contributed by atoms with van der Waals surface area (Å²) < 4.78 is 16.1. The third kappa shape index (κ3) is 4.55. The zero-order valence-electron chi connectivity index (χ0n) is 11.4. The molecule has 20 heavy (non-hydrogen) atoms. The van der Waals surface area contributed by atoms with Crippen LogP contribution in [0.5, 0.6) is 11.5 Å². The number of aliphatic hydroxyl groups excluding tert-OH is 1. The lowest BCUT2D eigenvalue weighted by atomic mass is 10.3. The van der Waals surface area contributed by atoms with Gasteiger partial charge in [-0.1, -0.05) is 0 Å². The average molecular weight is 278 g/mol. The van der Waals surface area contributed by atoms with Gasteiger partial charge in [0.05, 0.1) is 13.2 Å². The number of hydrogen-bond donors (Lipinski definition) is 1. The summed E-state index contributed by atoms with van der Waals surface area (Å²) in [5, 5.41) is 16.3. The zero-order chi connectivity index (χ0) is 14.2. The highest BCUT2D eigenvalue weighted by atomic mass is 16.5. The minimum absolute atomic E-state index is 0.00734. The number of nitrogens with zero attached hydrogens (tertiary/aromatic N) is 2. The van der Waals surface area contributed by atoms with Gasteiger partial charge in [-0.05, 0) is 30.7 Å². The van der Waals surface area contributed by atoms with Crippen molar-refractivity contribution in [3.8, 4) is 11.5 Å². The van der Waals surface area contributed by atoms with E-state index in [0.717, 1.165) is 12.2 Å². The number of aryl methyl sites for hydroxylation is 2. The Kier molecular flexibility index (Phi) is 5.37. The van der Waals surface area contributed by atoms with Gasteiger partial charge in [-0.15, -0.1) is 10.2 Å². The Bertz CT molecular complexity index is 510. The van der Waals surface area contributed by atoms with Crippen LogP contribution < -0.4 is 9.47 Å². The van der Waals surface area contributed by atoms with Crippen molar-refractivity contribution in [1.29, 1.82) is 0 Å². The Balaban J connectivity index is 1.68. The smallest absolute Gasteiger partial charge is 0.216 e. The van der Waals surface area contributed by atoms with Crippen molar-refractivity contribution in [2.75, 3.05) is 19.8 Å². The van der Waals surface area contributed by atoms with Crippen molar-refractivity contribution < 1.29 is 19.0 Å². The molecule has 0 fully saturated rings. The lowest BCUT2D eigenvalue weighted by Crippen LogP contribution is -2.02. The maximum Gasteiger partial charge on any atom is 0.216 e. The topological polar surface area (TPSA) is 77.6 Å². The van der Waals surface area contributed by atoms with E-state index >= 15 is 0 Å². The monoisotopic (exact) mass is 278 g/mol. The molecule has 0 saturated heterocycles. The second kappa shape index (κ2) is 7.49. The number of hydrogen-bond acceptors (Lipinski definition) is 6. The van der Waals surface area contributed by atoms with Gasteiger partial charge in [-0.2, -0.15) is 0 Å². The van der Waals surface area contributed by atoms with Crippen molar-refractivity contribution in [3.63, 3.8) is 0 Å². The second-order valence-corrected chi connectivity index (χ2v) is 4.21. The molecular weight excluding hydrogens is 260 g/mol. The van der Waals surface area contributed by atoms with Crippen LogP contribution in [0.1, 0.15) is 18.2 Å². The molecule has 0 radical (unpaired) electrons. The molecule has 0 aliphatic heterocycles. The van der Waals surface area contributed by atoms with Crippen molar-refractivity contribution in [2.45, 2.75) is 19.8 Å². The van der Waals surface area contributed by atoms with E-state index in [9.17, 15) is 0 Å². The maximum atomic E-state index is 8.65. The highest BCUT2D eigenvalue weighted by Gasteiger charge is 2.02. The summed E-state index contributed by atoms with van der Waals surface area (Å²) in [6.45, 7) is 2.66. The fourth-order valence-electron chi connectivity index (χ4n) is 1.65. The van der Waals surface area contributed by atoms with Crippen LogP contribution >= 0.6 is 0 Å². The van der Waals surface area contributed by atoms with Crippen LogP contribution in [0.3, 0.4) is 0 Å². The third-order valence-corrected chi connectivity index (χ3v) is 2.56. The highest BCUT2D eigenvalue weighted by Crippen LogP contribution is 2.17. The largest absolute Gasteiger partial charge is 0.494 e. The fourth-order valence-corrected chi connectivity index (χ4v) is 1.65. The predicted molar refractivity (Wildman–Crippen MR) is 71.9 cm³/mol. The summed E-state index contributed by atoms with van der Waals surface area (Å²) in [5.41, 5.74) is 0. The van der Waals surface area contributed by atoms with E-state index in [1.165, 1.54) is 0 Å². The number of aromatic nitrogens is 2. The van der Waals surface area contributed by atoms with Gasteiger partial charge in [-0.25, -0.2) is 0 Å². The summed E-state index contributed by atoms with van der Waals surface area (Å²) in [7, 11) is 0. The summed E-state index contributed by atoms with van der Waals surface area (Å²) in [6.07, 6.45) is 1.52. The van der Waals surface area contributed by atoms with E-state index in [1.54, 1.807) is 6.92 Å². The molecule has 0 atom stereocenters. The summed E-state index contributed by atoms with van der Waals surface area (Å²) in [6, 6.07) is 7.30. The molecule has 1 heterocycles. The molecule has 0 saturated carbocycles. The van der Waals surface area contributed by atoms with Crippen molar-refractivity contribution in [2.24, 2.45) is 0 Å². The zero-order valence-corrected chi connectivity index (χ0v) is 11.4. The lowest BCUT2D eigenvalue weighted by Gasteiger charge is -2.07.